The van der Waals surface area contributed by atoms with Crippen LogP contribution < -0.4 is 0 Å². The summed E-state index contributed by atoms with van der Waals surface area (Å²) >= 11 is 1.64. The zero-order chi connectivity index (χ0) is 9.84. The molecule has 0 bridgehead atoms. The predicted molar refractivity (Wildman–Crippen MR) is 54.0 cm³/mol. The fourth-order valence-corrected chi connectivity index (χ4v) is 2.09. The van der Waals surface area contributed by atoms with Gasteiger partial charge in [-0.3, -0.25) is 0 Å². The van der Waals surface area contributed by atoms with Crippen molar-refractivity contribution in [2.24, 2.45) is 0 Å². The summed E-state index contributed by atoms with van der Waals surface area (Å²) in [7, 11) is 1.96. The summed E-state index contributed by atoms with van der Waals surface area (Å²) in [6.45, 7) is 5.23. The van der Waals surface area contributed by atoms with Gasteiger partial charge >= 0.3 is 5.97 Å². The van der Waals surface area contributed by atoms with Crippen LogP contribution >= 0.6 is 11.8 Å². The predicted octanol–water partition coefficient (Wildman–Crippen LogP) is 1.58. The highest BCUT2D eigenvalue weighted by Crippen LogP contribution is 2.27. The van der Waals surface area contributed by atoms with Gasteiger partial charge in [0.15, 0.2) is 0 Å². The van der Waals surface area contributed by atoms with Crippen LogP contribution in [-0.4, -0.2) is 29.4 Å². The van der Waals surface area contributed by atoms with Crippen molar-refractivity contribution in [3.8, 4) is 0 Å². The van der Waals surface area contributed by atoms with Gasteiger partial charge in [-0.2, -0.15) is 0 Å². The van der Waals surface area contributed by atoms with Gasteiger partial charge in [0.1, 0.15) is 11.5 Å². The Bertz CT molecular complexity index is 240. The quantitative estimate of drug-likeness (QED) is 0.510. The molecule has 0 N–H and O–H groups in total. The van der Waals surface area contributed by atoms with Crippen LogP contribution in [-0.2, 0) is 9.53 Å². The number of hydrogen-bond acceptors (Lipinski definition) is 4. The van der Waals surface area contributed by atoms with Crippen LogP contribution in [0, 0.1) is 0 Å². The second kappa shape index (κ2) is 4.37. The Morgan fingerprint density at radius 2 is 2.54 bits per heavy atom. The molecule has 1 rings (SSSR count). The summed E-state index contributed by atoms with van der Waals surface area (Å²) in [5.74, 6) is -0.367. The largest absolute Gasteiger partial charge is 0.456 e. The smallest absolute Gasteiger partial charge is 0.330 e. The zero-order valence-corrected chi connectivity index (χ0v) is 8.58. The van der Waals surface area contributed by atoms with Gasteiger partial charge in [0.2, 0.25) is 0 Å². The van der Waals surface area contributed by atoms with Crippen LogP contribution in [0.25, 0.3) is 0 Å². The van der Waals surface area contributed by atoms with Crippen molar-refractivity contribution in [2.45, 2.75) is 18.4 Å². The molecule has 0 fully saturated rings. The van der Waals surface area contributed by atoms with E-state index in [4.69, 9.17) is 4.74 Å². The maximum absolute atomic E-state index is 10.9. The minimum atomic E-state index is -0.367. The molecule has 3 nitrogen and oxygen atoms in total. The number of esters is 1. The van der Waals surface area contributed by atoms with E-state index in [2.05, 4.69) is 6.58 Å². The highest BCUT2D eigenvalue weighted by atomic mass is 32.2. The summed E-state index contributed by atoms with van der Waals surface area (Å²) in [4.78, 5) is 12.9. The number of thioether (sulfide) groups is 1. The van der Waals surface area contributed by atoms with Gasteiger partial charge in [0, 0.05) is 19.3 Å². The van der Waals surface area contributed by atoms with Crippen LogP contribution in [0.3, 0.4) is 0 Å². The Labute approximate surface area is 82.4 Å². The normalized spacial score (nSPS) is 22.9. The molecule has 2 unspecified atom stereocenters. The molecule has 0 aromatic heterocycles. The molecule has 1 aliphatic heterocycles. The minimum absolute atomic E-state index is 0.129. The van der Waals surface area contributed by atoms with E-state index in [9.17, 15) is 4.79 Å². The lowest BCUT2D eigenvalue weighted by Crippen LogP contribution is -2.34. The maximum atomic E-state index is 10.9. The van der Waals surface area contributed by atoms with Gasteiger partial charge in [0.25, 0.3) is 0 Å². The number of rotatable bonds is 3. The van der Waals surface area contributed by atoms with Gasteiger partial charge in [-0.25, -0.2) is 4.79 Å². The van der Waals surface area contributed by atoms with E-state index >= 15 is 0 Å². The molecule has 72 valence electrons. The fourth-order valence-electron chi connectivity index (χ4n) is 1.12. The monoisotopic (exact) mass is 199 g/mol. The fraction of sp³-hybridized carbons (Fsp3) is 0.444. The molecule has 13 heavy (non-hydrogen) atoms. The standard InChI is InChI=1S/C9H13NO2S/c1-4-8(11)12-7(2)9-10(3)5-6-13-9/h4-7,9H,1H2,2-3H3. The number of nitrogens with zero attached hydrogens (tertiary/aromatic N) is 1. The third-order valence-electron chi connectivity index (χ3n) is 1.79. The van der Waals surface area contributed by atoms with Crippen molar-refractivity contribution in [2.75, 3.05) is 7.05 Å². The van der Waals surface area contributed by atoms with Gasteiger partial charge in [-0.1, -0.05) is 6.58 Å². The van der Waals surface area contributed by atoms with E-state index in [0.29, 0.717) is 0 Å². The van der Waals surface area contributed by atoms with Gasteiger partial charge in [-0.05, 0) is 12.3 Å². The van der Waals surface area contributed by atoms with Crippen molar-refractivity contribution in [1.29, 1.82) is 0 Å². The summed E-state index contributed by atoms with van der Waals surface area (Å²) in [5.41, 5.74) is 0. The summed E-state index contributed by atoms with van der Waals surface area (Å²) < 4.78 is 5.09. The lowest BCUT2D eigenvalue weighted by atomic mass is 10.3. The van der Waals surface area contributed by atoms with Crippen molar-refractivity contribution in [1.82, 2.24) is 4.90 Å². The third kappa shape index (κ3) is 2.52. The van der Waals surface area contributed by atoms with Crippen molar-refractivity contribution < 1.29 is 9.53 Å². The maximum Gasteiger partial charge on any atom is 0.330 e. The second-order valence-electron chi connectivity index (χ2n) is 2.82. The van der Waals surface area contributed by atoms with E-state index in [1.807, 2.05) is 30.5 Å². The topological polar surface area (TPSA) is 29.5 Å². The van der Waals surface area contributed by atoms with Gasteiger partial charge in [0.05, 0.1) is 0 Å². The zero-order valence-electron chi connectivity index (χ0n) is 7.77. The highest BCUT2D eigenvalue weighted by molar-refractivity contribution is 8.02. The molecule has 0 radical (unpaired) electrons. The van der Waals surface area contributed by atoms with Crippen LogP contribution in [0.2, 0.25) is 0 Å². The molecule has 0 aliphatic carbocycles. The molecule has 4 heteroatoms. The minimum Gasteiger partial charge on any atom is -0.456 e. The van der Waals surface area contributed by atoms with Gasteiger partial charge in [-0.15, -0.1) is 11.8 Å². The molecule has 2 atom stereocenters. The molecule has 0 saturated carbocycles. The van der Waals surface area contributed by atoms with Crippen molar-refractivity contribution in [3.05, 3.63) is 24.3 Å². The molecular formula is C9H13NO2S. The molecule has 0 spiro atoms. The van der Waals surface area contributed by atoms with Crippen molar-refractivity contribution in [3.63, 3.8) is 0 Å². The number of carbonyl (C=O) groups excluding carboxylic acids is 1. The van der Waals surface area contributed by atoms with Crippen LogP contribution in [0.1, 0.15) is 6.92 Å². The molecule has 0 amide bonds. The first kappa shape index (κ1) is 10.2. The van der Waals surface area contributed by atoms with E-state index in [0.717, 1.165) is 0 Å². The number of hydrogen-bond donors (Lipinski definition) is 0. The average molecular weight is 199 g/mol. The highest BCUT2D eigenvalue weighted by Gasteiger charge is 2.25. The Kier molecular flexibility index (Phi) is 3.42. The van der Waals surface area contributed by atoms with Crippen LogP contribution in [0.5, 0.6) is 0 Å². The second-order valence-corrected chi connectivity index (χ2v) is 3.85. The number of carbonyl (C=O) groups is 1. The Balaban J connectivity index is 2.43. The summed E-state index contributed by atoms with van der Waals surface area (Å²) in [6, 6.07) is 0. The lowest BCUT2D eigenvalue weighted by Gasteiger charge is -2.25. The number of likely N-dealkylation sites (N-methyl/N-ethyl adjacent to an activating group) is 1. The van der Waals surface area contributed by atoms with E-state index in [1.165, 1.54) is 6.08 Å². The Morgan fingerprint density at radius 3 is 3.00 bits per heavy atom. The molecule has 0 aromatic carbocycles. The first-order valence-corrected chi connectivity index (χ1v) is 4.96. The molecular weight excluding hydrogens is 186 g/mol. The SMILES string of the molecule is C=CC(=O)OC(C)C1SC=CN1C. The molecule has 0 saturated heterocycles. The van der Waals surface area contributed by atoms with Crippen molar-refractivity contribution >= 4 is 17.7 Å². The Morgan fingerprint density at radius 1 is 1.85 bits per heavy atom. The summed E-state index contributed by atoms with van der Waals surface area (Å²) in [5, 5.41) is 2.17. The first-order valence-electron chi connectivity index (χ1n) is 4.02. The van der Waals surface area contributed by atoms with E-state index in [-0.39, 0.29) is 17.4 Å². The van der Waals surface area contributed by atoms with Crippen LogP contribution in [0.4, 0.5) is 0 Å². The van der Waals surface area contributed by atoms with E-state index in [1.54, 1.807) is 11.8 Å². The Hall–Kier alpha value is -0.900. The summed E-state index contributed by atoms with van der Waals surface area (Å²) in [6.07, 6.45) is 3.02. The molecule has 1 heterocycles. The van der Waals surface area contributed by atoms with Crippen LogP contribution in [0.15, 0.2) is 24.3 Å². The third-order valence-corrected chi connectivity index (χ3v) is 3.06. The average Bonchev–Trinajstić information content (AvgIpc) is 2.51. The lowest BCUT2D eigenvalue weighted by molar-refractivity contribution is -0.143. The number of ether oxygens (including phenoxy) is 1. The molecule has 1 aliphatic rings. The van der Waals surface area contributed by atoms with E-state index < -0.39 is 0 Å². The first-order chi connectivity index (χ1) is 6.15. The molecule has 0 aromatic rings. The van der Waals surface area contributed by atoms with Gasteiger partial charge < -0.3 is 9.64 Å².